The summed E-state index contributed by atoms with van der Waals surface area (Å²) in [4.78, 5) is 5.61. The molecule has 2 aromatic heterocycles. The first kappa shape index (κ1) is 11.3. The van der Waals surface area contributed by atoms with Gasteiger partial charge in [0, 0.05) is 37.4 Å². The minimum Gasteiger partial charge on any atom is -0.306 e. The Morgan fingerprint density at radius 2 is 2.31 bits per heavy atom. The molecule has 86 valence electrons. The molecular weight excluding hydrogens is 220 g/mol. The second-order valence-corrected chi connectivity index (χ2v) is 4.86. The van der Waals surface area contributed by atoms with Crippen molar-refractivity contribution in [3.63, 3.8) is 0 Å². The van der Waals surface area contributed by atoms with Gasteiger partial charge in [0.1, 0.15) is 0 Å². The van der Waals surface area contributed by atoms with E-state index in [-0.39, 0.29) is 0 Å². The van der Waals surface area contributed by atoms with Crippen molar-refractivity contribution >= 4 is 11.3 Å². The standard InChI is InChI=1S/C11H16N4S/c1-3-11-13-8-10(16-11)7-12-6-9-4-5-15(2)14-9/h4-5,8,12H,3,6-7H2,1-2H3. The number of hydrogen-bond acceptors (Lipinski definition) is 4. The van der Waals surface area contributed by atoms with Crippen LogP contribution in [0.25, 0.3) is 0 Å². The Balaban J connectivity index is 1.79. The van der Waals surface area contributed by atoms with Crippen LogP contribution in [0.2, 0.25) is 0 Å². The van der Waals surface area contributed by atoms with E-state index in [1.165, 1.54) is 9.88 Å². The largest absolute Gasteiger partial charge is 0.306 e. The lowest BCUT2D eigenvalue weighted by atomic mass is 10.4. The average molecular weight is 236 g/mol. The van der Waals surface area contributed by atoms with Crippen molar-refractivity contribution in [3.8, 4) is 0 Å². The quantitative estimate of drug-likeness (QED) is 0.859. The molecule has 0 fully saturated rings. The smallest absolute Gasteiger partial charge is 0.0925 e. The summed E-state index contributed by atoms with van der Waals surface area (Å²) in [5.74, 6) is 0. The van der Waals surface area contributed by atoms with Gasteiger partial charge in [-0.1, -0.05) is 6.92 Å². The molecule has 0 aliphatic rings. The second-order valence-electron chi connectivity index (χ2n) is 3.66. The van der Waals surface area contributed by atoms with Gasteiger partial charge in [-0.3, -0.25) is 4.68 Å². The summed E-state index contributed by atoms with van der Waals surface area (Å²) in [7, 11) is 1.93. The third-order valence-corrected chi connectivity index (χ3v) is 3.42. The van der Waals surface area contributed by atoms with Crippen molar-refractivity contribution in [2.24, 2.45) is 7.05 Å². The summed E-state index contributed by atoms with van der Waals surface area (Å²) in [5, 5.41) is 8.87. The molecule has 0 amide bonds. The number of thiazole rings is 1. The van der Waals surface area contributed by atoms with Crippen LogP contribution in [0.3, 0.4) is 0 Å². The third-order valence-electron chi connectivity index (χ3n) is 2.28. The van der Waals surface area contributed by atoms with Crippen molar-refractivity contribution in [1.29, 1.82) is 0 Å². The van der Waals surface area contributed by atoms with Crippen molar-refractivity contribution < 1.29 is 0 Å². The zero-order chi connectivity index (χ0) is 11.4. The highest BCUT2D eigenvalue weighted by atomic mass is 32.1. The van der Waals surface area contributed by atoms with Crippen LogP contribution in [-0.2, 0) is 26.6 Å². The molecule has 16 heavy (non-hydrogen) atoms. The Morgan fingerprint density at radius 3 is 2.94 bits per heavy atom. The first-order chi connectivity index (χ1) is 7.78. The molecule has 4 nitrogen and oxygen atoms in total. The van der Waals surface area contributed by atoms with Crippen LogP contribution in [0.5, 0.6) is 0 Å². The van der Waals surface area contributed by atoms with Crippen LogP contribution in [0.4, 0.5) is 0 Å². The maximum Gasteiger partial charge on any atom is 0.0925 e. The van der Waals surface area contributed by atoms with Gasteiger partial charge in [-0.25, -0.2) is 4.98 Å². The van der Waals surface area contributed by atoms with Crippen molar-refractivity contribution in [1.82, 2.24) is 20.1 Å². The minimum absolute atomic E-state index is 0.806. The predicted octanol–water partition coefficient (Wildman–Crippen LogP) is 1.73. The molecule has 0 aliphatic heterocycles. The molecule has 0 atom stereocenters. The van der Waals surface area contributed by atoms with E-state index in [2.05, 4.69) is 22.3 Å². The van der Waals surface area contributed by atoms with Crippen LogP contribution in [0.1, 0.15) is 22.5 Å². The molecule has 0 radical (unpaired) electrons. The molecule has 1 N–H and O–H groups in total. The van der Waals surface area contributed by atoms with Gasteiger partial charge in [0.15, 0.2) is 0 Å². The molecule has 2 aromatic rings. The van der Waals surface area contributed by atoms with Crippen LogP contribution in [0, 0.1) is 0 Å². The fraction of sp³-hybridized carbons (Fsp3) is 0.455. The van der Waals surface area contributed by atoms with E-state index in [0.717, 1.165) is 25.2 Å². The lowest BCUT2D eigenvalue weighted by molar-refractivity contribution is 0.660. The third kappa shape index (κ3) is 2.90. The lowest BCUT2D eigenvalue weighted by Gasteiger charge is -1.98. The summed E-state index contributed by atoms with van der Waals surface area (Å²) < 4.78 is 1.82. The molecule has 0 aliphatic carbocycles. The van der Waals surface area contributed by atoms with E-state index in [0.29, 0.717) is 0 Å². The number of aromatic nitrogens is 3. The zero-order valence-corrected chi connectivity index (χ0v) is 10.4. The molecule has 2 rings (SSSR count). The summed E-state index contributed by atoms with van der Waals surface area (Å²) in [6, 6.07) is 2.02. The Labute approximate surface area is 99.3 Å². The normalized spacial score (nSPS) is 10.9. The van der Waals surface area contributed by atoms with E-state index in [9.17, 15) is 0 Å². The number of nitrogens with zero attached hydrogens (tertiary/aromatic N) is 3. The molecule has 5 heteroatoms. The zero-order valence-electron chi connectivity index (χ0n) is 9.60. The first-order valence-corrected chi connectivity index (χ1v) is 6.22. The molecule has 0 spiro atoms. The lowest BCUT2D eigenvalue weighted by Crippen LogP contribution is -2.12. The average Bonchev–Trinajstić information content (AvgIpc) is 2.88. The molecule has 2 heterocycles. The maximum absolute atomic E-state index is 4.32. The highest BCUT2D eigenvalue weighted by molar-refractivity contribution is 7.11. The Kier molecular flexibility index (Phi) is 3.69. The minimum atomic E-state index is 0.806. The van der Waals surface area contributed by atoms with Crippen LogP contribution < -0.4 is 5.32 Å². The molecule has 0 aromatic carbocycles. The fourth-order valence-electron chi connectivity index (χ4n) is 1.46. The number of hydrogen-bond donors (Lipinski definition) is 1. The Hall–Kier alpha value is -1.20. The van der Waals surface area contributed by atoms with Gasteiger partial charge in [0.05, 0.1) is 10.7 Å². The first-order valence-electron chi connectivity index (χ1n) is 5.40. The van der Waals surface area contributed by atoms with Gasteiger partial charge in [-0.05, 0) is 12.5 Å². The van der Waals surface area contributed by atoms with E-state index in [1.807, 2.05) is 30.2 Å². The second kappa shape index (κ2) is 5.23. The topological polar surface area (TPSA) is 42.7 Å². The van der Waals surface area contributed by atoms with Gasteiger partial charge in [0.2, 0.25) is 0 Å². The molecular formula is C11H16N4S. The number of aryl methyl sites for hydroxylation is 2. The highest BCUT2D eigenvalue weighted by Gasteiger charge is 2.00. The number of rotatable bonds is 5. The van der Waals surface area contributed by atoms with Gasteiger partial charge in [-0.15, -0.1) is 11.3 Å². The summed E-state index contributed by atoms with van der Waals surface area (Å²) in [6.45, 7) is 3.80. The molecule has 0 unspecified atom stereocenters. The van der Waals surface area contributed by atoms with Crippen LogP contribution in [0.15, 0.2) is 18.5 Å². The van der Waals surface area contributed by atoms with Gasteiger partial charge in [0.25, 0.3) is 0 Å². The SMILES string of the molecule is CCc1ncc(CNCc2ccn(C)n2)s1. The fourth-order valence-corrected chi connectivity index (χ4v) is 2.30. The monoisotopic (exact) mass is 236 g/mol. The van der Waals surface area contributed by atoms with E-state index in [4.69, 9.17) is 0 Å². The molecule has 0 saturated heterocycles. The summed E-state index contributed by atoms with van der Waals surface area (Å²) >= 11 is 1.77. The molecule has 0 saturated carbocycles. The van der Waals surface area contributed by atoms with E-state index in [1.54, 1.807) is 11.3 Å². The maximum atomic E-state index is 4.32. The summed E-state index contributed by atoms with van der Waals surface area (Å²) in [5.41, 5.74) is 1.07. The van der Waals surface area contributed by atoms with Crippen LogP contribution in [-0.4, -0.2) is 14.8 Å². The van der Waals surface area contributed by atoms with E-state index >= 15 is 0 Å². The number of nitrogens with one attached hydrogen (secondary N) is 1. The Bertz CT molecular complexity index is 446. The van der Waals surface area contributed by atoms with Crippen LogP contribution >= 0.6 is 11.3 Å². The Morgan fingerprint density at radius 1 is 1.44 bits per heavy atom. The molecule has 0 bridgehead atoms. The van der Waals surface area contributed by atoms with Gasteiger partial charge in [-0.2, -0.15) is 5.10 Å². The van der Waals surface area contributed by atoms with E-state index < -0.39 is 0 Å². The predicted molar refractivity (Wildman–Crippen MR) is 65.2 cm³/mol. The highest BCUT2D eigenvalue weighted by Crippen LogP contribution is 2.12. The van der Waals surface area contributed by atoms with Gasteiger partial charge < -0.3 is 5.32 Å². The summed E-state index contributed by atoms with van der Waals surface area (Å²) in [6.07, 6.45) is 4.93. The van der Waals surface area contributed by atoms with Crippen molar-refractivity contribution in [2.45, 2.75) is 26.4 Å². The van der Waals surface area contributed by atoms with Crippen molar-refractivity contribution in [2.75, 3.05) is 0 Å². The van der Waals surface area contributed by atoms with Gasteiger partial charge >= 0.3 is 0 Å². The van der Waals surface area contributed by atoms with Crippen molar-refractivity contribution in [3.05, 3.63) is 34.0 Å².